The average molecular weight is 347 g/mol. The van der Waals surface area contributed by atoms with Gasteiger partial charge in [0.1, 0.15) is 12.0 Å². The van der Waals surface area contributed by atoms with Crippen LogP contribution in [0.3, 0.4) is 0 Å². The van der Waals surface area contributed by atoms with Crippen molar-refractivity contribution in [1.82, 2.24) is 9.97 Å². The summed E-state index contributed by atoms with van der Waals surface area (Å²) in [5.41, 5.74) is 10.1. The highest BCUT2D eigenvalue weighted by atomic mass is 16.4. The SMILES string of the molecule is Nc1c(Nc2ccc(C(=O)O)cc2)ncnc1N1CCc2ccccc21. The number of aromatic nitrogens is 2. The summed E-state index contributed by atoms with van der Waals surface area (Å²) in [4.78, 5) is 21.6. The summed E-state index contributed by atoms with van der Waals surface area (Å²) in [6.07, 6.45) is 2.42. The van der Waals surface area contributed by atoms with Gasteiger partial charge in [-0.1, -0.05) is 18.2 Å². The van der Waals surface area contributed by atoms with Gasteiger partial charge >= 0.3 is 5.97 Å². The van der Waals surface area contributed by atoms with Gasteiger partial charge in [0.05, 0.1) is 5.56 Å². The maximum absolute atomic E-state index is 11.0. The van der Waals surface area contributed by atoms with E-state index >= 15 is 0 Å². The number of aromatic carboxylic acids is 1. The van der Waals surface area contributed by atoms with Crippen LogP contribution in [0.2, 0.25) is 0 Å². The van der Waals surface area contributed by atoms with E-state index in [1.807, 2.05) is 12.1 Å². The fraction of sp³-hybridized carbons (Fsp3) is 0.105. The zero-order valence-electron chi connectivity index (χ0n) is 13.9. The van der Waals surface area contributed by atoms with Crippen molar-refractivity contribution in [2.24, 2.45) is 0 Å². The number of hydrogen-bond acceptors (Lipinski definition) is 6. The van der Waals surface area contributed by atoms with Crippen molar-refractivity contribution >= 4 is 34.7 Å². The predicted octanol–water partition coefficient (Wildman–Crippen LogP) is 3.19. The number of nitrogen functional groups attached to an aromatic ring is 1. The van der Waals surface area contributed by atoms with Crippen LogP contribution >= 0.6 is 0 Å². The fourth-order valence-corrected chi connectivity index (χ4v) is 3.09. The molecule has 2 heterocycles. The van der Waals surface area contributed by atoms with Crippen LogP contribution in [0.1, 0.15) is 15.9 Å². The molecule has 1 aromatic heterocycles. The van der Waals surface area contributed by atoms with E-state index in [1.165, 1.54) is 24.0 Å². The van der Waals surface area contributed by atoms with Crippen LogP contribution in [-0.4, -0.2) is 27.6 Å². The molecule has 0 unspecified atom stereocenters. The molecule has 0 aliphatic carbocycles. The third-order valence-electron chi connectivity index (χ3n) is 4.40. The lowest BCUT2D eigenvalue weighted by atomic mass is 10.2. The number of benzene rings is 2. The minimum absolute atomic E-state index is 0.223. The van der Waals surface area contributed by atoms with E-state index < -0.39 is 5.97 Å². The quantitative estimate of drug-likeness (QED) is 0.665. The molecule has 0 saturated carbocycles. The first-order chi connectivity index (χ1) is 12.6. The van der Waals surface area contributed by atoms with Crippen LogP contribution < -0.4 is 16.0 Å². The van der Waals surface area contributed by atoms with Crippen LogP contribution in [0.25, 0.3) is 0 Å². The monoisotopic (exact) mass is 347 g/mol. The number of fused-ring (bicyclic) bond motifs is 1. The number of nitrogens with one attached hydrogen (secondary N) is 1. The van der Waals surface area contributed by atoms with Crippen molar-refractivity contribution in [3.63, 3.8) is 0 Å². The highest BCUT2D eigenvalue weighted by Crippen LogP contribution is 2.38. The van der Waals surface area contributed by atoms with E-state index in [0.717, 1.165) is 18.7 Å². The molecule has 2 aromatic carbocycles. The summed E-state index contributed by atoms with van der Waals surface area (Å²) < 4.78 is 0. The summed E-state index contributed by atoms with van der Waals surface area (Å²) >= 11 is 0. The van der Waals surface area contributed by atoms with Gasteiger partial charge in [0, 0.05) is 17.9 Å². The molecule has 0 spiro atoms. The van der Waals surface area contributed by atoms with Gasteiger partial charge in [0.15, 0.2) is 11.6 Å². The number of rotatable bonds is 4. The number of nitrogens with two attached hydrogens (primary N) is 1. The Labute approximate surface area is 150 Å². The first-order valence-electron chi connectivity index (χ1n) is 8.20. The van der Waals surface area contributed by atoms with Gasteiger partial charge in [-0.05, 0) is 42.3 Å². The van der Waals surface area contributed by atoms with Crippen LogP contribution in [0, 0.1) is 0 Å². The van der Waals surface area contributed by atoms with E-state index in [-0.39, 0.29) is 5.56 Å². The second-order valence-electron chi connectivity index (χ2n) is 6.00. The molecule has 7 nitrogen and oxygen atoms in total. The highest BCUT2D eigenvalue weighted by Gasteiger charge is 2.23. The summed E-state index contributed by atoms with van der Waals surface area (Å²) in [5, 5.41) is 12.1. The molecule has 26 heavy (non-hydrogen) atoms. The summed E-state index contributed by atoms with van der Waals surface area (Å²) in [5.74, 6) is 0.185. The van der Waals surface area contributed by atoms with Gasteiger partial charge < -0.3 is 21.1 Å². The molecule has 0 bridgehead atoms. The Bertz CT molecular complexity index is 972. The Morgan fingerprint density at radius 1 is 1.12 bits per heavy atom. The normalized spacial score (nSPS) is 12.7. The molecule has 1 aliphatic heterocycles. The Hall–Kier alpha value is -3.61. The van der Waals surface area contributed by atoms with Gasteiger partial charge in [-0.15, -0.1) is 0 Å². The van der Waals surface area contributed by atoms with Crippen LogP contribution in [0.4, 0.5) is 28.7 Å². The molecule has 1 aliphatic rings. The Balaban J connectivity index is 1.63. The first-order valence-corrected chi connectivity index (χ1v) is 8.20. The van der Waals surface area contributed by atoms with Gasteiger partial charge in [-0.3, -0.25) is 0 Å². The van der Waals surface area contributed by atoms with Crippen molar-refractivity contribution in [2.45, 2.75) is 6.42 Å². The van der Waals surface area contributed by atoms with Gasteiger partial charge in [0.25, 0.3) is 0 Å². The van der Waals surface area contributed by atoms with E-state index in [1.54, 1.807) is 12.1 Å². The van der Waals surface area contributed by atoms with Crippen LogP contribution in [0.15, 0.2) is 54.9 Å². The standard InChI is InChI=1S/C19H17N5O2/c20-16-17(23-14-7-5-13(6-8-14)19(25)26)21-11-22-18(16)24-10-9-12-3-1-2-4-15(12)24/h1-8,11H,9-10,20H2,(H,25,26)(H,21,22,23). The van der Waals surface area contributed by atoms with Crippen molar-refractivity contribution in [3.8, 4) is 0 Å². The number of para-hydroxylation sites is 1. The topological polar surface area (TPSA) is 104 Å². The van der Waals surface area contributed by atoms with E-state index in [0.29, 0.717) is 23.0 Å². The minimum atomic E-state index is -0.965. The maximum atomic E-state index is 11.0. The maximum Gasteiger partial charge on any atom is 0.335 e. The van der Waals surface area contributed by atoms with Gasteiger partial charge in [-0.2, -0.15) is 0 Å². The molecule has 3 aromatic rings. The Kier molecular flexibility index (Phi) is 3.89. The van der Waals surface area contributed by atoms with E-state index in [2.05, 4.69) is 32.3 Å². The van der Waals surface area contributed by atoms with Crippen molar-refractivity contribution < 1.29 is 9.90 Å². The molecular formula is C19H17N5O2. The number of carboxylic acid groups (broad SMARTS) is 1. The Morgan fingerprint density at radius 2 is 1.88 bits per heavy atom. The molecule has 0 amide bonds. The fourth-order valence-electron chi connectivity index (χ4n) is 3.09. The van der Waals surface area contributed by atoms with Crippen molar-refractivity contribution in [1.29, 1.82) is 0 Å². The zero-order valence-corrected chi connectivity index (χ0v) is 13.9. The van der Waals surface area contributed by atoms with Crippen LogP contribution in [-0.2, 0) is 6.42 Å². The molecular weight excluding hydrogens is 330 g/mol. The second kappa shape index (κ2) is 6.36. The predicted molar refractivity (Wildman–Crippen MR) is 100 cm³/mol. The number of nitrogens with zero attached hydrogens (tertiary/aromatic N) is 3. The molecule has 130 valence electrons. The number of carboxylic acids is 1. The van der Waals surface area contributed by atoms with Gasteiger partial charge in [0.2, 0.25) is 0 Å². The molecule has 0 fully saturated rings. The molecule has 4 N–H and O–H groups in total. The number of hydrogen-bond donors (Lipinski definition) is 3. The molecule has 7 heteroatoms. The third kappa shape index (κ3) is 2.79. The third-order valence-corrected chi connectivity index (χ3v) is 4.40. The number of carbonyl (C=O) groups is 1. The summed E-state index contributed by atoms with van der Waals surface area (Å²) in [6, 6.07) is 14.6. The lowest BCUT2D eigenvalue weighted by molar-refractivity contribution is 0.0697. The minimum Gasteiger partial charge on any atom is -0.478 e. The van der Waals surface area contributed by atoms with Crippen LogP contribution in [0.5, 0.6) is 0 Å². The van der Waals surface area contributed by atoms with Gasteiger partial charge in [-0.25, -0.2) is 14.8 Å². The van der Waals surface area contributed by atoms with E-state index in [4.69, 9.17) is 10.8 Å². The first kappa shape index (κ1) is 15.9. The molecule has 4 rings (SSSR count). The zero-order chi connectivity index (χ0) is 18.1. The molecule has 0 atom stereocenters. The van der Waals surface area contributed by atoms with Crippen molar-refractivity contribution in [2.75, 3.05) is 22.5 Å². The molecule has 0 saturated heterocycles. The second-order valence-corrected chi connectivity index (χ2v) is 6.00. The summed E-state index contributed by atoms with van der Waals surface area (Å²) in [6.45, 7) is 0.813. The molecule has 0 radical (unpaired) electrons. The van der Waals surface area contributed by atoms with Crippen molar-refractivity contribution in [3.05, 3.63) is 66.0 Å². The smallest absolute Gasteiger partial charge is 0.335 e. The lowest BCUT2D eigenvalue weighted by Gasteiger charge is -2.21. The largest absolute Gasteiger partial charge is 0.478 e. The van der Waals surface area contributed by atoms with E-state index in [9.17, 15) is 4.79 Å². The summed E-state index contributed by atoms with van der Waals surface area (Å²) in [7, 11) is 0. The highest BCUT2D eigenvalue weighted by molar-refractivity contribution is 5.88. The average Bonchev–Trinajstić information content (AvgIpc) is 3.08. The Morgan fingerprint density at radius 3 is 2.65 bits per heavy atom. The lowest BCUT2D eigenvalue weighted by Crippen LogP contribution is -2.17. The number of anilines is 5.